The van der Waals surface area contributed by atoms with Crippen LogP contribution in [0.4, 0.5) is 11.4 Å². The van der Waals surface area contributed by atoms with Gasteiger partial charge in [-0.05, 0) is 83.9 Å². The van der Waals surface area contributed by atoms with E-state index in [0.29, 0.717) is 17.8 Å². The van der Waals surface area contributed by atoms with E-state index in [-0.39, 0.29) is 5.41 Å². The van der Waals surface area contributed by atoms with E-state index in [0.717, 1.165) is 17.8 Å². The number of aryl methyl sites for hydroxylation is 1. The molecule has 1 N–H and O–H groups in total. The SMILES string of the molecule is Cc1cc(CC(c2ccc(Nc3ccccc3)cc2)C(C)CC(C)C)cc(C(C)(C)C)c1. The van der Waals surface area contributed by atoms with E-state index in [4.69, 9.17) is 0 Å². The first-order chi connectivity index (χ1) is 15.1. The molecule has 3 aromatic rings. The molecule has 2 unspecified atom stereocenters. The van der Waals surface area contributed by atoms with E-state index in [2.05, 4.69) is 121 Å². The van der Waals surface area contributed by atoms with Gasteiger partial charge in [0.15, 0.2) is 0 Å². The van der Waals surface area contributed by atoms with Crippen molar-refractivity contribution in [3.63, 3.8) is 0 Å². The molecule has 0 radical (unpaired) electrons. The molecule has 0 spiro atoms. The maximum Gasteiger partial charge on any atom is 0.0384 e. The van der Waals surface area contributed by atoms with Crippen molar-refractivity contribution >= 4 is 11.4 Å². The van der Waals surface area contributed by atoms with Crippen LogP contribution >= 0.6 is 0 Å². The summed E-state index contributed by atoms with van der Waals surface area (Å²) in [5.41, 5.74) is 8.14. The smallest absolute Gasteiger partial charge is 0.0384 e. The molecule has 0 aliphatic heterocycles. The summed E-state index contributed by atoms with van der Waals surface area (Å²) in [5, 5.41) is 3.51. The summed E-state index contributed by atoms with van der Waals surface area (Å²) < 4.78 is 0. The van der Waals surface area contributed by atoms with Gasteiger partial charge in [0, 0.05) is 11.4 Å². The molecule has 0 heterocycles. The van der Waals surface area contributed by atoms with E-state index in [1.54, 1.807) is 0 Å². The van der Waals surface area contributed by atoms with Gasteiger partial charge in [0.05, 0.1) is 0 Å². The van der Waals surface area contributed by atoms with Crippen LogP contribution in [0.5, 0.6) is 0 Å². The first-order valence-electron chi connectivity index (χ1n) is 12.1. The van der Waals surface area contributed by atoms with Crippen LogP contribution < -0.4 is 5.32 Å². The molecule has 0 bridgehead atoms. The molecule has 0 aliphatic rings. The number of nitrogens with one attached hydrogen (secondary N) is 1. The number of benzene rings is 3. The zero-order chi connectivity index (χ0) is 23.3. The minimum atomic E-state index is 0.171. The molecule has 170 valence electrons. The highest BCUT2D eigenvalue weighted by Crippen LogP contribution is 2.35. The fraction of sp³-hybridized carbons (Fsp3) is 0.419. The minimum Gasteiger partial charge on any atom is -0.356 e. The van der Waals surface area contributed by atoms with Crippen molar-refractivity contribution in [3.05, 3.63) is 95.1 Å². The van der Waals surface area contributed by atoms with E-state index in [1.165, 1.54) is 28.7 Å². The van der Waals surface area contributed by atoms with Crippen LogP contribution in [-0.4, -0.2) is 0 Å². The second kappa shape index (κ2) is 10.4. The number of rotatable bonds is 8. The lowest BCUT2D eigenvalue weighted by molar-refractivity contribution is 0.370. The van der Waals surface area contributed by atoms with Crippen LogP contribution in [0, 0.1) is 18.8 Å². The van der Waals surface area contributed by atoms with Crippen molar-refractivity contribution in [1.82, 2.24) is 0 Å². The van der Waals surface area contributed by atoms with Crippen molar-refractivity contribution in [2.45, 2.75) is 72.6 Å². The number of hydrogen-bond donors (Lipinski definition) is 1. The summed E-state index contributed by atoms with van der Waals surface area (Å²) in [6.45, 7) is 16.3. The van der Waals surface area contributed by atoms with Crippen LogP contribution in [0.25, 0.3) is 0 Å². The van der Waals surface area contributed by atoms with Crippen LogP contribution in [0.15, 0.2) is 72.8 Å². The second-order valence-corrected chi connectivity index (χ2v) is 11.0. The fourth-order valence-corrected chi connectivity index (χ4v) is 4.72. The molecule has 32 heavy (non-hydrogen) atoms. The predicted molar refractivity (Wildman–Crippen MR) is 141 cm³/mol. The van der Waals surface area contributed by atoms with Gasteiger partial charge < -0.3 is 5.32 Å². The maximum atomic E-state index is 3.51. The molecule has 1 nitrogen and oxygen atoms in total. The topological polar surface area (TPSA) is 12.0 Å². The Bertz CT molecular complexity index is 977. The number of anilines is 2. The molecular weight excluding hydrogens is 386 g/mol. The Labute approximate surface area is 196 Å². The highest BCUT2D eigenvalue weighted by Gasteiger charge is 2.22. The van der Waals surface area contributed by atoms with Gasteiger partial charge in [-0.25, -0.2) is 0 Å². The van der Waals surface area contributed by atoms with Crippen LogP contribution in [0.3, 0.4) is 0 Å². The molecule has 0 saturated carbocycles. The van der Waals surface area contributed by atoms with Gasteiger partial charge in [0.2, 0.25) is 0 Å². The Morgan fingerprint density at radius 3 is 2.00 bits per heavy atom. The average Bonchev–Trinajstić information content (AvgIpc) is 2.72. The first-order valence-corrected chi connectivity index (χ1v) is 12.1. The molecule has 0 aliphatic carbocycles. The lowest BCUT2D eigenvalue weighted by atomic mass is 9.77. The molecule has 3 aromatic carbocycles. The first kappa shape index (κ1) is 24.1. The maximum absolute atomic E-state index is 3.51. The van der Waals surface area contributed by atoms with Gasteiger partial charge in [-0.1, -0.05) is 95.6 Å². The van der Waals surface area contributed by atoms with E-state index in [9.17, 15) is 0 Å². The standard InChI is InChI=1S/C31H41N/c1-22(2)17-24(4)30(21-25-18-23(3)19-27(20-25)31(5,6)7)26-13-15-29(16-14-26)32-28-11-9-8-10-12-28/h8-16,18-20,22,24,30,32H,17,21H2,1-7H3. The molecule has 2 atom stereocenters. The molecule has 1 heteroatoms. The van der Waals surface area contributed by atoms with Gasteiger partial charge in [-0.2, -0.15) is 0 Å². The summed E-state index contributed by atoms with van der Waals surface area (Å²) in [6.07, 6.45) is 2.33. The molecule has 0 saturated heterocycles. The summed E-state index contributed by atoms with van der Waals surface area (Å²) in [5.74, 6) is 1.84. The van der Waals surface area contributed by atoms with Crippen molar-refractivity contribution < 1.29 is 0 Å². The Kier molecular flexibility index (Phi) is 7.82. The molecule has 0 amide bonds. The Morgan fingerprint density at radius 1 is 0.781 bits per heavy atom. The third-order valence-corrected chi connectivity index (χ3v) is 6.39. The lowest BCUT2D eigenvalue weighted by Crippen LogP contribution is -2.16. The highest BCUT2D eigenvalue weighted by molar-refractivity contribution is 5.59. The summed E-state index contributed by atoms with van der Waals surface area (Å²) >= 11 is 0. The average molecular weight is 428 g/mol. The number of hydrogen-bond acceptors (Lipinski definition) is 1. The van der Waals surface area contributed by atoms with Gasteiger partial charge in [0.25, 0.3) is 0 Å². The highest BCUT2D eigenvalue weighted by atomic mass is 14.9. The van der Waals surface area contributed by atoms with E-state index < -0.39 is 0 Å². The zero-order valence-electron chi connectivity index (χ0n) is 21.1. The minimum absolute atomic E-state index is 0.171. The van der Waals surface area contributed by atoms with Crippen molar-refractivity contribution in [2.75, 3.05) is 5.32 Å². The lowest BCUT2D eigenvalue weighted by Gasteiger charge is -2.28. The zero-order valence-corrected chi connectivity index (χ0v) is 21.1. The quantitative estimate of drug-likeness (QED) is 0.378. The van der Waals surface area contributed by atoms with Gasteiger partial charge >= 0.3 is 0 Å². The summed E-state index contributed by atoms with van der Waals surface area (Å²) in [6, 6.07) is 26.7. The Balaban J connectivity index is 1.87. The molecular formula is C31H41N. The van der Waals surface area contributed by atoms with E-state index in [1.807, 2.05) is 6.07 Å². The third kappa shape index (κ3) is 6.73. The van der Waals surface area contributed by atoms with Gasteiger partial charge in [0.1, 0.15) is 0 Å². The van der Waals surface area contributed by atoms with Crippen molar-refractivity contribution in [1.29, 1.82) is 0 Å². The summed E-state index contributed by atoms with van der Waals surface area (Å²) in [7, 11) is 0. The van der Waals surface area contributed by atoms with Crippen LogP contribution in [0.1, 0.15) is 76.1 Å². The molecule has 0 aromatic heterocycles. The van der Waals surface area contributed by atoms with Crippen molar-refractivity contribution in [3.8, 4) is 0 Å². The number of para-hydroxylation sites is 1. The molecule has 0 fully saturated rings. The van der Waals surface area contributed by atoms with Gasteiger partial charge in [-0.3, -0.25) is 0 Å². The van der Waals surface area contributed by atoms with E-state index >= 15 is 0 Å². The fourth-order valence-electron chi connectivity index (χ4n) is 4.72. The van der Waals surface area contributed by atoms with Crippen LogP contribution in [0.2, 0.25) is 0 Å². The monoisotopic (exact) mass is 427 g/mol. The second-order valence-electron chi connectivity index (χ2n) is 11.0. The molecule has 3 rings (SSSR count). The third-order valence-electron chi connectivity index (χ3n) is 6.39. The van der Waals surface area contributed by atoms with Gasteiger partial charge in [-0.15, -0.1) is 0 Å². The Morgan fingerprint density at radius 2 is 1.41 bits per heavy atom. The van der Waals surface area contributed by atoms with Crippen molar-refractivity contribution in [2.24, 2.45) is 11.8 Å². The predicted octanol–water partition coefficient (Wildman–Crippen LogP) is 9.04. The summed E-state index contributed by atoms with van der Waals surface area (Å²) in [4.78, 5) is 0. The van der Waals surface area contributed by atoms with Crippen LogP contribution in [-0.2, 0) is 11.8 Å². The largest absolute Gasteiger partial charge is 0.356 e. The Hall–Kier alpha value is -2.54. The normalized spacial score (nSPS) is 13.8.